The van der Waals surface area contributed by atoms with E-state index in [1.54, 1.807) is 6.20 Å². The Morgan fingerprint density at radius 3 is 2.54 bits per heavy atom. The Bertz CT molecular complexity index is 1150. The number of aliphatic imine (C=N–C) groups is 1. The number of nitrogens with one attached hydrogen (secondary N) is 3. The number of hydrogen-bond acceptors (Lipinski definition) is 7. The van der Waals surface area contributed by atoms with E-state index in [2.05, 4.69) is 39.6 Å². The van der Waals surface area contributed by atoms with Gasteiger partial charge in [-0.1, -0.05) is 12.8 Å². The molecule has 4 aliphatic heterocycles. The van der Waals surface area contributed by atoms with Gasteiger partial charge >= 0.3 is 0 Å². The number of piperazine rings is 1. The van der Waals surface area contributed by atoms with Crippen LogP contribution in [-0.2, 0) is 9.59 Å². The summed E-state index contributed by atoms with van der Waals surface area (Å²) >= 11 is 0. The number of guanidine groups is 1. The van der Waals surface area contributed by atoms with Crippen LogP contribution in [0.25, 0.3) is 0 Å². The van der Waals surface area contributed by atoms with Gasteiger partial charge in [0, 0.05) is 62.3 Å². The zero-order valence-corrected chi connectivity index (χ0v) is 21.6. The molecule has 3 N–H and O–H groups in total. The average molecular weight is 510 g/mol. The average Bonchev–Trinajstić information content (AvgIpc) is 3.60. The van der Waals surface area contributed by atoms with Gasteiger partial charge in [0.25, 0.3) is 0 Å². The van der Waals surface area contributed by atoms with Gasteiger partial charge in [0.15, 0.2) is 11.6 Å². The number of hydrogen-bond donors (Lipinski definition) is 3. The van der Waals surface area contributed by atoms with Gasteiger partial charge < -0.3 is 25.8 Å². The Kier molecular flexibility index (Phi) is 6.09. The minimum absolute atomic E-state index is 0.0877. The molecule has 1 aromatic carbocycles. The van der Waals surface area contributed by atoms with Crippen molar-refractivity contribution in [3.05, 3.63) is 35.8 Å². The van der Waals surface area contributed by atoms with Crippen molar-refractivity contribution in [1.82, 2.24) is 20.4 Å². The third-order valence-corrected chi connectivity index (χ3v) is 8.74. The van der Waals surface area contributed by atoms with E-state index >= 15 is 4.39 Å². The fraction of sp³-hybridized carbons (Fsp3) is 0.593. The van der Waals surface area contributed by atoms with Crippen LogP contribution in [0.15, 0.2) is 35.0 Å². The Morgan fingerprint density at radius 2 is 1.89 bits per heavy atom. The van der Waals surface area contributed by atoms with Crippen LogP contribution in [0.4, 0.5) is 15.8 Å². The fourth-order valence-electron chi connectivity index (χ4n) is 6.64. The predicted molar refractivity (Wildman–Crippen MR) is 141 cm³/mol. The molecule has 0 radical (unpaired) electrons. The van der Waals surface area contributed by atoms with Crippen LogP contribution in [0, 0.1) is 11.2 Å². The van der Waals surface area contributed by atoms with E-state index in [4.69, 9.17) is 4.99 Å². The molecule has 2 atom stereocenters. The summed E-state index contributed by atoms with van der Waals surface area (Å²) in [6, 6.07) is 5.75. The topological polar surface area (TPSA) is 92.3 Å². The van der Waals surface area contributed by atoms with E-state index < -0.39 is 11.6 Å². The monoisotopic (exact) mass is 509 g/mol. The molecule has 0 bridgehead atoms. The molecule has 1 aliphatic carbocycles. The first-order valence-electron chi connectivity index (χ1n) is 13.6. The Morgan fingerprint density at radius 1 is 1.14 bits per heavy atom. The summed E-state index contributed by atoms with van der Waals surface area (Å²) in [6.07, 6.45) is 5.69. The summed E-state index contributed by atoms with van der Waals surface area (Å²) in [5, 5.41) is 9.18. The molecular weight excluding hydrogens is 473 g/mol. The molecule has 1 spiro atoms. The van der Waals surface area contributed by atoms with Crippen molar-refractivity contribution in [1.29, 1.82) is 0 Å². The number of likely N-dealkylation sites (tertiary alicyclic amines) is 1. The van der Waals surface area contributed by atoms with Crippen LogP contribution in [0.3, 0.4) is 0 Å². The van der Waals surface area contributed by atoms with E-state index in [9.17, 15) is 9.59 Å². The molecule has 0 aromatic heterocycles. The lowest BCUT2D eigenvalue weighted by Gasteiger charge is -2.38. The van der Waals surface area contributed by atoms with Gasteiger partial charge in [-0.2, -0.15) is 0 Å². The van der Waals surface area contributed by atoms with Crippen LogP contribution in [0.5, 0.6) is 0 Å². The van der Waals surface area contributed by atoms with E-state index in [1.807, 2.05) is 17.0 Å². The molecule has 1 aromatic rings. The predicted octanol–water partition coefficient (Wildman–Crippen LogP) is 2.23. The van der Waals surface area contributed by atoms with Crippen LogP contribution in [0.2, 0.25) is 0 Å². The molecule has 10 heteroatoms. The summed E-state index contributed by atoms with van der Waals surface area (Å²) < 4.78 is 15.2. The highest BCUT2D eigenvalue weighted by molar-refractivity contribution is 6.13. The van der Waals surface area contributed by atoms with Gasteiger partial charge in [0.05, 0.1) is 5.69 Å². The van der Waals surface area contributed by atoms with Crippen LogP contribution in [-0.4, -0.2) is 78.5 Å². The summed E-state index contributed by atoms with van der Waals surface area (Å²) in [4.78, 5) is 37.8. The minimum Gasteiger partial charge on any atom is -0.367 e. The first-order valence-corrected chi connectivity index (χ1v) is 13.6. The van der Waals surface area contributed by atoms with E-state index in [0.717, 1.165) is 51.9 Å². The van der Waals surface area contributed by atoms with Crippen molar-refractivity contribution < 1.29 is 14.0 Å². The molecular formula is C27H36FN7O2. The molecule has 3 saturated heterocycles. The molecule has 4 heterocycles. The second-order valence-electron chi connectivity index (χ2n) is 11.1. The smallest absolute Gasteiger partial charge is 0.244 e. The summed E-state index contributed by atoms with van der Waals surface area (Å²) in [7, 11) is 0. The lowest BCUT2D eigenvalue weighted by atomic mass is 9.80. The fourth-order valence-corrected chi connectivity index (χ4v) is 6.64. The lowest BCUT2D eigenvalue weighted by Crippen LogP contribution is -2.49. The highest BCUT2D eigenvalue weighted by atomic mass is 19.1. The maximum Gasteiger partial charge on any atom is 0.244 e. The highest BCUT2D eigenvalue weighted by Gasteiger charge is 2.64. The quantitative estimate of drug-likeness (QED) is 0.540. The van der Waals surface area contributed by atoms with Gasteiger partial charge in [-0.3, -0.25) is 14.5 Å². The van der Waals surface area contributed by atoms with Crippen molar-refractivity contribution in [3.63, 3.8) is 0 Å². The standard InChI is InChI=1S/C27H36FN7O2/c1-17(2)33-11-13-34(14-12-33)22-8-7-18(15-21(22)28)31-26-30-16-20-23(32-26)35(19-5-3-4-6-19)25(37)27(20)9-10-29-24(27)36/h7-8,15-17,19,23H,3-6,9-14H2,1-2H3,(H,29,36)(H2,30,31,32). The van der Waals surface area contributed by atoms with Crippen molar-refractivity contribution in [3.8, 4) is 0 Å². The second-order valence-corrected chi connectivity index (χ2v) is 11.1. The zero-order chi connectivity index (χ0) is 25.7. The van der Waals surface area contributed by atoms with E-state index in [1.165, 1.54) is 6.07 Å². The molecule has 6 rings (SSSR count). The number of carbonyl (C=O) groups is 2. The second kappa shape index (κ2) is 9.31. The van der Waals surface area contributed by atoms with Gasteiger partial charge in [-0.15, -0.1) is 0 Å². The molecule has 4 fully saturated rings. The third-order valence-electron chi connectivity index (χ3n) is 8.74. The van der Waals surface area contributed by atoms with Crippen molar-refractivity contribution >= 4 is 29.1 Å². The van der Waals surface area contributed by atoms with Crippen LogP contribution in [0.1, 0.15) is 46.0 Å². The number of anilines is 2. The molecule has 37 heavy (non-hydrogen) atoms. The number of amides is 2. The number of benzene rings is 1. The van der Waals surface area contributed by atoms with Crippen LogP contribution < -0.4 is 20.9 Å². The van der Waals surface area contributed by atoms with Gasteiger partial charge in [-0.05, 0) is 51.3 Å². The maximum atomic E-state index is 15.2. The largest absolute Gasteiger partial charge is 0.367 e. The Hall–Kier alpha value is -3.14. The molecule has 198 valence electrons. The summed E-state index contributed by atoms with van der Waals surface area (Å²) in [5.41, 5.74) is 0.739. The maximum absolute atomic E-state index is 15.2. The van der Waals surface area contributed by atoms with E-state index in [-0.39, 0.29) is 23.7 Å². The number of halogens is 1. The highest BCUT2D eigenvalue weighted by Crippen LogP contribution is 2.49. The zero-order valence-electron chi connectivity index (χ0n) is 21.6. The SMILES string of the molecule is CC(C)N1CCN(c2ccc(NC3=NC4C(=CN3)C3(CCNC3=O)C(=O)N4C3CCCC3)cc2F)CC1. The Balaban J connectivity index is 1.21. The van der Waals surface area contributed by atoms with Crippen molar-refractivity contribution in [2.75, 3.05) is 42.9 Å². The van der Waals surface area contributed by atoms with Gasteiger partial charge in [0.1, 0.15) is 5.82 Å². The third kappa shape index (κ3) is 3.96. The molecule has 5 aliphatic rings. The number of rotatable bonds is 4. The number of carbonyl (C=O) groups excluding carboxylic acids is 2. The van der Waals surface area contributed by atoms with Gasteiger partial charge in [-0.25, -0.2) is 9.38 Å². The summed E-state index contributed by atoms with van der Waals surface area (Å²) in [6.45, 7) is 8.30. The number of nitrogens with zero attached hydrogens (tertiary/aromatic N) is 4. The Labute approximate surface area is 217 Å². The number of fused-ring (bicyclic) bond motifs is 2. The molecule has 9 nitrogen and oxygen atoms in total. The van der Waals surface area contributed by atoms with Crippen LogP contribution >= 0.6 is 0 Å². The van der Waals surface area contributed by atoms with E-state index in [0.29, 0.717) is 41.9 Å². The van der Waals surface area contributed by atoms with Crippen molar-refractivity contribution in [2.24, 2.45) is 10.4 Å². The van der Waals surface area contributed by atoms with Crippen molar-refractivity contribution in [2.45, 2.75) is 64.2 Å². The van der Waals surface area contributed by atoms with Gasteiger partial charge in [0.2, 0.25) is 17.8 Å². The minimum atomic E-state index is -1.16. The molecule has 2 unspecified atom stereocenters. The normalized spacial score (nSPS) is 28.5. The first-order chi connectivity index (χ1) is 17.9. The molecule has 1 saturated carbocycles. The first kappa shape index (κ1) is 24.2. The summed E-state index contributed by atoms with van der Waals surface area (Å²) in [5.74, 6) is -0.196. The molecule has 2 amide bonds. The lowest BCUT2D eigenvalue weighted by molar-refractivity contribution is -0.143.